The van der Waals surface area contributed by atoms with E-state index in [4.69, 9.17) is 4.74 Å². The smallest absolute Gasteiger partial charge is 0.251 e. The molecular formula is C25H26N2O3. The first-order chi connectivity index (χ1) is 14.7. The van der Waals surface area contributed by atoms with Crippen LogP contribution >= 0.6 is 0 Å². The Balaban J connectivity index is 1.26. The van der Waals surface area contributed by atoms with Crippen molar-refractivity contribution in [3.05, 3.63) is 83.9 Å². The lowest BCUT2D eigenvalue weighted by Gasteiger charge is -2.33. The predicted molar refractivity (Wildman–Crippen MR) is 117 cm³/mol. The second-order valence-corrected chi connectivity index (χ2v) is 7.50. The average molecular weight is 402 g/mol. The van der Waals surface area contributed by atoms with Crippen molar-refractivity contribution in [1.29, 1.82) is 0 Å². The molecule has 2 amide bonds. The van der Waals surface area contributed by atoms with Crippen molar-refractivity contribution < 1.29 is 14.3 Å². The molecule has 1 aliphatic rings. The number of carbonyl (C=O) groups is 2. The standard InChI is InChI=1S/C25H26N2O3/c28-24(27-16-17-30-23(18-27)20-9-2-1-3-10-20)14-7-15-26-25(29)22-13-6-11-19-8-4-5-12-21(19)22/h1-6,8-13,23H,7,14-18H2,(H,26,29). The minimum atomic E-state index is -0.102. The zero-order chi connectivity index (χ0) is 20.8. The summed E-state index contributed by atoms with van der Waals surface area (Å²) in [5.41, 5.74) is 1.76. The highest BCUT2D eigenvalue weighted by Crippen LogP contribution is 2.22. The van der Waals surface area contributed by atoms with Crippen molar-refractivity contribution in [1.82, 2.24) is 10.2 Å². The summed E-state index contributed by atoms with van der Waals surface area (Å²) in [6.45, 7) is 2.21. The van der Waals surface area contributed by atoms with Crippen molar-refractivity contribution >= 4 is 22.6 Å². The molecule has 1 saturated heterocycles. The van der Waals surface area contributed by atoms with Gasteiger partial charge >= 0.3 is 0 Å². The number of morpholine rings is 1. The molecule has 3 aromatic rings. The van der Waals surface area contributed by atoms with Crippen LogP contribution in [0.3, 0.4) is 0 Å². The number of nitrogens with zero attached hydrogens (tertiary/aromatic N) is 1. The molecule has 4 rings (SSSR count). The van der Waals surface area contributed by atoms with Gasteiger partial charge in [0.2, 0.25) is 5.91 Å². The molecule has 5 heteroatoms. The number of hydrogen-bond acceptors (Lipinski definition) is 3. The molecule has 3 aromatic carbocycles. The van der Waals surface area contributed by atoms with E-state index in [1.165, 1.54) is 0 Å². The Morgan fingerprint density at radius 2 is 1.73 bits per heavy atom. The van der Waals surface area contributed by atoms with Crippen LogP contribution in [0, 0.1) is 0 Å². The highest BCUT2D eigenvalue weighted by molar-refractivity contribution is 6.07. The largest absolute Gasteiger partial charge is 0.370 e. The van der Waals surface area contributed by atoms with E-state index < -0.39 is 0 Å². The van der Waals surface area contributed by atoms with E-state index in [1.807, 2.05) is 77.7 Å². The molecule has 0 radical (unpaired) electrons. The molecule has 1 aliphatic heterocycles. The highest BCUT2D eigenvalue weighted by atomic mass is 16.5. The van der Waals surface area contributed by atoms with Gasteiger partial charge < -0.3 is 15.0 Å². The van der Waals surface area contributed by atoms with Crippen LogP contribution in [0.4, 0.5) is 0 Å². The average Bonchev–Trinajstić information content (AvgIpc) is 2.82. The normalized spacial score (nSPS) is 16.4. The van der Waals surface area contributed by atoms with Crippen LogP contribution in [-0.4, -0.2) is 43.0 Å². The summed E-state index contributed by atoms with van der Waals surface area (Å²) in [6, 6.07) is 23.6. The number of ether oxygens (including phenoxy) is 1. The van der Waals surface area contributed by atoms with Crippen LogP contribution < -0.4 is 5.32 Å². The van der Waals surface area contributed by atoms with Gasteiger partial charge in [-0.15, -0.1) is 0 Å². The summed E-state index contributed by atoms with van der Waals surface area (Å²) < 4.78 is 5.83. The number of amides is 2. The van der Waals surface area contributed by atoms with Crippen LogP contribution in [0.2, 0.25) is 0 Å². The highest BCUT2D eigenvalue weighted by Gasteiger charge is 2.24. The molecule has 0 aliphatic carbocycles. The van der Waals surface area contributed by atoms with Gasteiger partial charge in [-0.05, 0) is 28.8 Å². The molecule has 5 nitrogen and oxygen atoms in total. The van der Waals surface area contributed by atoms with Gasteiger partial charge in [-0.2, -0.15) is 0 Å². The second-order valence-electron chi connectivity index (χ2n) is 7.50. The molecule has 154 valence electrons. The Bertz CT molecular complexity index is 1010. The fourth-order valence-electron chi connectivity index (χ4n) is 3.86. The Labute approximate surface area is 176 Å². The Morgan fingerprint density at radius 3 is 2.60 bits per heavy atom. The number of nitrogens with one attached hydrogen (secondary N) is 1. The molecule has 0 bridgehead atoms. The predicted octanol–water partition coefficient (Wildman–Crippen LogP) is 3.95. The van der Waals surface area contributed by atoms with Crippen LogP contribution in [0.5, 0.6) is 0 Å². The first-order valence-corrected chi connectivity index (χ1v) is 10.4. The summed E-state index contributed by atoms with van der Waals surface area (Å²) >= 11 is 0. The Hall–Kier alpha value is -3.18. The van der Waals surface area contributed by atoms with E-state index in [2.05, 4.69) is 5.32 Å². The lowest BCUT2D eigenvalue weighted by atomic mass is 10.0. The summed E-state index contributed by atoms with van der Waals surface area (Å²) in [6.07, 6.45) is 0.954. The number of benzene rings is 3. The molecule has 30 heavy (non-hydrogen) atoms. The lowest BCUT2D eigenvalue weighted by molar-refractivity contribution is -0.139. The van der Waals surface area contributed by atoms with Crippen molar-refractivity contribution in [3.8, 4) is 0 Å². The maximum atomic E-state index is 12.6. The summed E-state index contributed by atoms with van der Waals surface area (Å²) in [5.74, 6) is 0.00778. The van der Waals surface area contributed by atoms with Gasteiger partial charge in [0.05, 0.1) is 13.2 Å². The molecule has 0 spiro atoms. The molecule has 1 N–H and O–H groups in total. The van der Waals surface area contributed by atoms with Gasteiger partial charge in [0.1, 0.15) is 6.10 Å². The second kappa shape index (κ2) is 9.55. The Kier molecular flexibility index (Phi) is 6.40. The van der Waals surface area contributed by atoms with E-state index in [0.29, 0.717) is 44.6 Å². The summed E-state index contributed by atoms with van der Waals surface area (Å²) in [4.78, 5) is 27.1. The monoisotopic (exact) mass is 402 g/mol. The zero-order valence-corrected chi connectivity index (χ0v) is 16.9. The topological polar surface area (TPSA) is 58.6 Å². The van der Waals surface area contributed by atoms with Crippen LogP contribution in [0.25, 0.3) is 10.8 Å². The van der Waals surface area contributed by atoms with E-state index in [0.717, 1.165) is 16.3 Å². The van der Waals surface area contributed by atoms with Crippen LogP contribution in [-0.2, 0) is 9.53 Å². The first kappa shape index (κ1) is 20.1. The minimum Gasteiger partial charge on any atom is -0.370 e. The van der Waals surface area contributed by atoms with Crippen LogP contribution in [0.15, 0.2) is 72.8 Å². The van der Waals surface area contributed by atoms with Crippen molar-refractivity contribution in [2.24, 2.45) is 0 Å². The van der Waals surface area contributed by atoms with E-state index >= 15 is 0 Å². The third-order valence-corrected chi connectivity index (χ3v) is 5.48. The molecule has 1 heterocycles. The molecule has 1 atom stereocenters. The van der Waals surface area contributed by atoms with Crippen molar-refractivity contribution in [3.63, 3.8) is 0 Å². The fourth-order valence-corrected chi connectivity index (χ4v) is 3.86. The number of hydrogen-bond donors (Lipinski definition) is 1. The number of fused-ring (bicyclic) bond motifs is 1. The Morgan fingerprint density at radius 1 is 0.967 bits per heavy atom. The third kappa shape index (κ3) is 4.69. The van der Waals surface area contributed by atoms with Crippen LogP contribution in [0.1, 0.15) is 34.9 Å². The van der Waals surface area contributed by atoms with E-state index in [1.54, 1.807) is 0 Å². The molecule has 1 unspecified atom stereocenters. The summed E-state index contributed by atoms with van der Waals surface area (Å²) in [7, 11) is 0. The van der Waals surface area contributed by atoms with Crippen molar-refractivity contribution in [2.45, 2.75) is 18.9 Å². The van der Waals surface area contributed by atoms with Gasteiger partial charge in [-0.1, -0.05) is 66.7 Å². The molecule has 0 saturated carbocycles. The van der Waals surface area contributed by atoms with Gasteiger partial charge in [0, 0.05) is 25.1 Å². The van der Waals surface area contributed by atoms with Gasteiger partial charge in [0.25, 0.3) is 5.91 Å². The van der Waals surface area contributed by atoms with Crippen molar-refractivity contribution in [2.75, 3.05) is 26.2 Å². The zero-order valence-electron chi connectivity index (χ0n) is 16.9. The quantitative estimate of drug-likeness (QED) is 0.635. The molecule has 1 fully saturated rings. The van der Waals surface area contributed by atoms with Gasteiger partial charge in [-0.25, -0.2) is 0 Å². The van der Waals surface area contributed by atoms with E-state index in [9.17, 15) is 9.59 Å². The third-order valence-electron chi connectivity index (χ3n) is 5.48. The number of rotatable bonds is 6. The number of carbonyl (C=O) groups excluding carboxylic acids is 2. The maximum absolute atomic E-state index is 12.6. The maximum Gasteiger partial charge on any atom is 0.251 e. The van der Waals surface area contributed by atoms with Gasteiger partial charge in [-0.3, -0.25) is 9.59 Å². The van der Waals surface area contributed by atoms with E-state index in [-0.39, 0.29) is 17.9 Å². The summed E-state index contributed by atoms with van der Waals surface area (Å²) in [5, 5.41) is 4.93. The minimum absolute atomic E-state index is 0.0741. The molecule has 0 aromatic heterocycles. The first-order valence-electron chi connectivity index (χ1n) is 10.4. The molecular weight excluding hydrogens is 376 g/mol. The fraction of sp³-hybridized carbons (Fsp3) is 0.280. The SMILES string of the molecule is O=C(NCCCC(=O)N1CCOC(c2ccccc2)C1)c1cccc2ccccc12. The van der Waals surface area contributed by atoms with Gasteiger partial charge in [0.15, 0.2) is 0 Å². The lowest BCUT2D eigenvalue weighted by Crippen LogP contribution is -2.42.